The Hall–Kier alpha value is -2.06. The normalized spacial score (nSPS) is 11.7. The van der Waals surface area contributed by atoms with Crippen molar-refractivity contribution in [2.75, 3.05) is 4.72 Å². The number of sulfonamides is 1. The molecule has 2 aromatic carbocycles. The number of nitrogens with zero attached hydrogens (tertiary/aromatic N) is 1. The predicted octanol–water partition coefficient (Wildman–Crippen LogP) is 3.38. The molecule has 108 valence electrons. The molecule has 1 aromatic heterocycles. The summed E-state index contributed by atoms with van der Waals surface area (Å²) in [6.45, 7) is 0. The number of fused-ring (bicyclic) bond motifs is 1. The largest absolute Gasteiger partial charge is 0.266 e. The average Bonchev–Trinajstić information content (AvgIpc) is 2.79. The van der Waals surface area contributed by atoms with E-state index < -0.39 is 26.6 Å². The first-order valence-electron chi connectivity index (χ1n) is 5.79. The molecule has 3 aromatic rings. The van der Waals surface area contributed by atoms with Gasteiger partial charge in [-0.1, -0.05) is 23.5 Å². The van der Waals surface area contributed by atoms with Crippen molar-refractivity contribution in [1.29, 1.82) is 0 Å². The zero-order valence-electron chi connectivity index (χ0n) is 10.4. The Morgan fingerprint density at radius 1 is 1.10 bits per heavy atom. The third-order valence-electron chi connectivity index (χ3n) is 2.70. The van der Waals surface area contributed by atoms with Gasteiger partial charge in [0.25, 0.3) is 10.0 Å². The van der Waals surface area contributed by atoms with Gasteiger partial charge in [-0.05, 0) is 24.3 Å². The van der Waals surface area contributed by atoms with Crippen LogP contribution in [0.3, 0.4) is 0 Å². The van der Waals surface area contributed by atoms with E-state index in [1.165, 1.54) is 0 Å². The number of para-hydroxylation sites is 1. The van der Waals surface area contributed by atoms with E-state index in [2.05, 4.69) is 9.71 Å². The highest BCUT2D eigenvalue weighted by Crippen LogP contribution is 2.28. The summed E-state index contributed by atoms with van der Waals surface area (Å²) >= 11 is 1.13. The summed E-state index contributed by atoms with van der Waals surface area (Å²) < 4.78 is 53.6. The summed E-state index contributed by atoms with van der Waals surface area (Å²) in [7, 11) is -4.15. The maximum absolute atomic E-state index is 13.6. The maximum atomic E-state index is 13.6. The molecule has 0 spiro atoms. The molecule has 3 rings (SSSR count). The number of hydrogen-bond acceptors (Lipinski definition) is 4. The lowest BCUT2D eigenvalue weighted by Crippen LogP contribution is -2.14. The van der Waals surface area contributed by atoms with Crippen molar-refractivity contribution in [2.24, 2.45) is 0 Å². The van der Waals surface area contributed by atoms with Crippen LogP contribution in [0.25, 0.3) is 10.2 Å². The number of halogens is 2. The number of nitrogens with one attached hydrogen (secondary N) is 1. The molecule has 21 heavy (non-hydrogen) atoms. The second-order valence-corrected chi connectivity index (χ2v) is 6.85. The molecule has 1 heterocycles. The number of thiazole rings is 1. The fraction of sp³-hybridized carbons (Fsp3) is 0. The molecule has 0 aliphatic heterocycles. The zero-order valence-corrected chi connectivity index (χ0v) is 12.0. The fourth-order valence-corrected chi connectivity index (χ4v) is 3.94. The van der Waals surface area contributed by atoms with Gasteiger partial charge in [-0.25, -0.2) is 22.2 Å². The Balaban J connectivity index is 1.99. The van der Waals surface area contributed by atoms with Gasteiger partial charge in [-0.15, -0.1) is 0 Å². The van der Waals surface area contributed by atoms with Crippen LogP contribution in [-0.2, 0) is 10.0 Å². The first-order chi connectivity index (χ1) is 9.95. The van der Waals surface area contributed by atoms with Gasteiger partial charge in [0.15, 0.2) is 5.13 Å². The molecule has 0 aliphatic rings. The monoisotopic (exact) mass is 326 g/mol. The quantitative estimate of drug-likeness (QED) is 0.803. The van der Waals surface area contributed by atoms with Gasteiger partial charge in [-0.3, -0.25) is 4.72 Å². The van der Waals surface area contributed by atoms with Crippen LogP contribution >= 0.6 is 11.3 Å². The SMILES string of the molecule is O=S(=O)(Nc1nc2ccccc2s1)c1ccc(F)cc1F. The second kappa shape index (κ2) is 5.05. The van der Waals surface area contributed by atoms with Crippen molar-refractivity contribution in [3.05, 3.63) is 54.1 Å². The lowest BCUT2D eigenvalue weighted by Gasteiger charge is -2.05. The number of rotatable bonds is 3. The number of hydrogen-bond donors (Lipinski definition) is 1. The molecule has 0 fully saturated rings. The fourth-order valence-electron chi connectivity index (χ4n) is 1.78. The van der Waals surface area contributed by atoms with Gasteiger partial charge < -0.3 is 0 Å². The molecule has 4 nitrogen and oxygen atoms in total. The van der Waals surface area contributed by atoms with Crippen molar-refractivity contribution >= 4 is 36.7 Å². The highest BCUT2D eigenvalue weighted by atomic mass is 32.2. The Morgan fingerprint density at radius 2 is 1.86 bits per heavy atom. The Kier molecular flexibility index (Phi) is 3.34. The summed E-state index contributed by atoms with van der Waals surface area (Å²) in [5.41, 5.74) is 0.639. The van der Waals surface area contributed by atoms with Crippen LogP contribution < -0.4 is 4.72 Å². The van der Waals surface area contributed by atoms with Crippen molar-refractivity contribution in [3.63, 3.8) is 0 Å². The summed E-state index contributed by atoms with van der Waals surface area (Å²) in [6, 6.07) is 9.40. The molecule has 0 unspecified atom stereocenters. The van der Waals surface area contributed by atoms with E-state index in [9.17, 15) is 17.2 Å². The van der Waals surface area contributed by atoms with Crippen LogP contribution in [0.2, 0.25) is 0 Å². The van der Waals surface area contributed by atoms with Crippen LogP contribution in [0, 0.1) is 11.6 Å². The van der Waals surface area contributed by atoms with Crippen LogP contribution in [0.15, 0.2) is 47.4 Å². The van der Waals surface area contributed by atoms with E-state index in [1.54, 1.807) is 24.3 Å². The molecular weight excluding hydrogens is 318 g/mol. The van der Waals surface area contributed by atoms with E-state index >= 15 is 0 Å². The molecule has 0 amide bonds. The molecule has 1 N–H and O–H groups in total. The number of aromatic nitrogens is 1. The lowest BCUT2D eigenvalue weighted by molar-refractivity contribution is 0.551. The van der Waals surface area contributed by atoms with Gasteiger partial charge in [0.05, 0.1) is 10.2 Å². The molecule has 0 saturated carbocycles. The van der Waals surface area contributed by atoms with Crippen molar-refractivity contribution in [3.8, 4) is 0 Å². The molecule has 0 aliphatic carbocycles. The van der Waals surface area contributed by atoms with Crippen LogP contribution in [0.5, 0.6) is 0 Å². The number of anilines is 1. The molecule has 0 radical (unpaired) electrons. The molecule has 0 atom stereocenters. The van der Waals surface area contributed by atoms with Crippen LogP contribution in [-0.4, -0.2) is 13.4 Å². The van der Waals surface area contributed by atoms with Crippen LogP contribution in [0.4, 0.5) is 13.9 Å². The first kappa shape index (κ1) is 13.9. The number of benzene rings is 2. The van der Waals surface area contributed by atoms with Crippen LogP contribution in [0.1, 0.15) is 0 Å². The Labute approximate surface area is 123 Å². The zero-order chi connectivity index (χ0) is 15.0. The van der Waals surface area contributed by atoms with E-state index in [-0.39, 0.29) is 5.13 Å². The Morgan fingerprint density at radius 3 is 2.57 bits per heavy atom. The minimum atomic E-state index is -4.15. The van der Waals surface area contributed by atoms with Gasteiger partial charge in [0, 0.05) is 6.07 Å². The highest BCUT2D eigenvalue weighted by molar-refractivity contribution is 7.93. The second-order valence-electron chi connectivity index (χ2n) is 4.17. The van der Waals surface area contributed by atoms with Gasteiger partial charge >= 0.3 is 0 Å². The molecule has 0 bridgehead atoms. The molecular formula is C13H8F2N2O2S2. The molecule has 8 heteroatoms. The van der Waals surface area contributed by atoms with Crippen molar-refractivity contribution in [2.45, 2.75) is 4.90 Å². The van der Waals surface area contributed by atoms with Gasteiger partial charge in [0.2, 0.25) is 0 Å². The average molecular weight is 326 g/mol. The summed E-state index contributed by atoms with van der Waals surface area (Å²) in [5, 5.41) is 0.125. The van der Waals surface area contributed by atoms with Gasteiger partial charge in [-0.2, -0.15) is 0 Å². The smallest absolute Gasteiger partial charge is 0.255 e. The lowest BCUT2D eigenvalue weighted by atomic mass is 10.3. The summed E-state index contributed by atoms with van der Waals surface area (Å²) in [5.74, 6) is -1.99. The third-order valence-corrected chi connectivity index (χ3v) is 5.15. The van der Waals surface area contributed by atoms with E-state index in [0.717, 1.165) is 28.2 Å². The third kappa shape index (κ3) is 2.72. The standard InChI is InChI=1S/C13H8F2N2O2S2/c14-8-5-6-12(9(15)7-8)21(18,19)17-13-16-10-3-1-2-4-11(10)20-13/h1-7H,(H,16,17). The first-order valence-corrected chi connectivity index (χ1v) is 8.09. The Bertz CT molecular complexity index is 890. The minimum Gasteiger partial charge on any atom is -0.255 e. The molecule has 0 saturated heterocycles. The van der Waals surface area contributed by atoms with Crippen molar-refractivity contribution in [1.82, 2.24) is 4.98 Å². The van der Waals surface area contributed by atoms with E-state index in [1.807, 2.05) is 0 Å². The summed E-state index contributed by atoms with van der Waals surface area (Å²) in [6.07, 6.45) is 0. The van der Waals surface area contributed by atoms with Gasteiger partial charge in [0.1, 0.15) is 16.5 Å². The summed E-state index contributed by atoms with van der Waals surface area (Å²) in [4.78, 5) is 3.48. The van der Waals surface area contributed by atoms with E-state index in [0.29, 0.717) is 11.6 Å². The maximum Gasteiger partial charge on any atom is 0.266 e. The van der Waals surface area contributed by atoms with E-state index in [4.69, 9.17) is 0 Å². The highest BCUT2D eigenvalue weighted by Gasteiger charge is 2.21. The topological polar surface area (TPSA) is 59.1 Å². The van der Waals surface area contributed by atoms with Crippen molar-refractivity contribution < 1.29 is 17.2 Å². The predicted molar refractivity (Wildman–Crippen MR) is 76.8 cm³/mol. The minimum absolute atomic E-state index is 0.125.